The number of aryl methyl sites for hydroxylation is 1. The Morgan fingerprint density at radius 3 is 2.80 bits per heavy atom. The second-order valence-corrected chi connectivity index (χ2v) is 1.78. The molecule has 0 saturated heterocycles. The maximum atomic E-state index is 5.35. The number of hydrogen-bond acceptors (Lipinski definition) is 3. The van der Waals surface area contributed by atoms with Crippen molar-refractivity contribution in [2.75, 3.05) is 0 Å². The van der Waals surface area contributed by atoms with Crippen LogP contribution in [0.25, 0.3) is 0 Å². The maximum absolute atomic E-state index is 5.35. The molecule has 0 spiro atoms. The van der Waals surface area contributed by atoms with E-state index in [0.29, 0.717) is 6.54 Å². The fourth-order valence-corrected chi connectivity index (χ4v) is 0.748. The molecule has 0 unspecified atom stereocenters. The van der Waals surface area contributed by atoms with Gasteiger partial charge < -0.3 is 10.2 Å². The lowest BCUT2D eigenvalue weighted by Gasteiger charge is -1.89. The monoisotopic (exact) mass is 162 g/mol. The van der Waals surface area contributed by atoms with Gasteiger partial charge in [-0.25, -0.2) is 4.98 Å². The van der Waals surface area contributed by atoms with E-state index in [-0.39, 0.29) is 12.4 Å². The van der Waals surface area contributed by atoms with Crippen LogP contribution in [0.2, 0.25) is 0 Å². The van der Waals surface area contributed by atoms with Crippen LogP contribution < -0.4 is 5.73 Å². The van der Waals surface area contributed by atoms with Crippen LogP contribution in [-0.2, 0) is 13.0 Å². The Morgan fingerprint density at radius 2 is 2.40 bits per heavy atom. The average Bonchev–Trinajstić information content (AvgIpc) is 2.33. The largest absolute Gasteiger partial charge is 0.448 e. The van der Waals surface area contributed by atoms with Crippen LogP contribution in [0, 0.1) is 0 Å². The first-order valence-electron chi connectivity index (χ1n) is 2.99. The van der Waals surface area contributed by atoms with Crippen LogP contribution in [0.4, 0.5) is 0 Å². The van der Waals surface area contributed by atoms with Gasteiger partial charge in [-0.2, -0.15) is 0 Å². The number of halogens is 1. The molecule has 0 aliphatic rings. The van der Waals surface area contributed by atoms with Gasteiger partial charge in [0.05, 0.1) is 5.69 Å². The molecule has 2 N–H and O–H groups in total. The molecule has 3 nitrogen and oxygen atoms in total. The van der Waals surface area contributed by atoms with Gasteiger partial charge in [-0.05, 0) is 0 Å². The summed E-state index contributed by atoms with van der Waals surface area (Å²) < 4.78 is 5.01. The van der Waals surface area contributed by atoms with Crippen LogP contribution in [0.1, 0.15) is 18.4 Å². The van der Waals surface area contributed by atoms with Crippen molar-refractivity contribution in [3.8, 4) is 0 Å². The predicted molar refractivity (Wildman–Crippen MR) is 41.0 cm³/mol. The lowest BCUT2D eigenvalue weighted by Crippen LogP contribution is -1.99. The minimum absolute atomic E-state index is 0. The second kappa shape index (κ2) is 4.30. The Kier molecular flexibility index (Phi) is 4.07. The smallest absolute Gasteiger partial charge is 0.181 e. The van der Waals surface area contributed by atoms with Crippen LogP contribution in [-0.4, -0.2) is 4.98 Å². The Labute approximate surface area is 66.0 Å². The van der Waals surface area contributed by atoms with E-state index in [1.54, 1.807) is 0 Å². The van der Waals surface area contributed by atoms with Crippen LogP contribution in [0.5, 0.6) is 0 Å². The van der Waals surface area contributed by atoms with E-state index in [9.17, 15) is 0 Å². The van der Waals surface area contributed by atoms with Gasteiger partial charge >= 0.3 is 0 Å². The number of hydrogen-bond donors (Lipinski definition) is 1. The summed E-state index contributed by atoms with van der Waals surface area (Å²) >= 11 is 0. The molecule has 1 aromatic heterocycles. The topological polar surface area (TPSA) is 52.0 Å². The predicted octanol–water partition coefficient (Wildman–Crippen LogP) is 1.12. The number of nitrogens with two attached hydrogens (primary N) is 1. The third kappa shape index (κ3) is 1.72. The number of rotatable bonds is 2. The summed E-state index contributed by atoms with van der Waals surface area (Å²) in [6, 6.07) is 0. The summed E-state index contributed by atoms with van der Waals surface area (Å²) in [6.45, 7) is 2.49. The van der Waals surface area contributed by atoms with E-state index in [0.717, 1.165) is 17.9 Å². The van der Waals surface area contributed by atoms with Crippen molar-refractivity contribution < 1.29 is 4.42 Å². The summed E-state index contributed by atoms with van der Waals surface area (Å²) in [7, 11) is 0. The highest BCUT2D eigenvalue weighted by Crippen LogP contribution is 2.04. The Balaban J connectivity index is 0.000000810. The molecule has 0 bridgehead atoms. The second-order valence-electron chi connectivity index (χ2n) is 1.78. The van der Waals surface area contributed by atoms with Gasteiger partial charge in [0.25, 0.3) is 0 Å². The Hall–Kier alpha value is -0.540. The molecule has 0 aliphatic heterocycles. The third-order valence-electron chi connectivity index (χ3n) is 1.24. The number of oxazole rings is 1. The molecule has 1 aromatic rings. The van der Waals surface area contributed by atoms with Crippen molar-refractivity contribution in [3.05, 3.63) is 17.8 Å². The van der Waals surface area contributed by atoms with E-state index in [2.05, 4.69) is 4.98 Å². The quantitative estimate of drug-likeness (QED) is 0.709. The Bertz CT molecular complexity index is 169. The van der Waals surface area contributed by atoms with Gasteiger partial charge in [-0.15, -0.1) is 12.4 Å². The summed E-state index contributed by atoms with van der Waals surface area (Å²) in [4.78, 5) is 3.91. The molecule has 0 aliphatic carbocycles. The summed E-state index contributed by atoms with van der Waals surface area (Å²) in [5.74, 6) is 0.900. The molecule has 1 heterocycles. The highest BCUT2D eigenvalue weighted by molar-refractivity contribution is 5.85. The van der Waals surface area contributed by atoms with E-state index in [1.165, 1.54) is 6.39 Å². The maximum Gasteiger partial charge on any atom is 0.181 e. The van der Waals surface area contributed by atoms with Crippen molar-refractivity contribution >= 4 is 12.4 Å². The van der Waals surface area contributed by atoms with E-state index < -0.39 is 0 Å². The van der Waals surface area contributed by atoms with Gasteiger partial charge in [0.15, 0.2) is 6.39 Å². The first kappa shape index (κ1) is 9.46. The van der Waals surface area contributed by atoms with E-state index in [1.807, 2.05) is 6.92 Å². The molecule has 1 rings (SSSR count). The van der Waals surface area contributed by atoms with Crippen LogP contribution in [0.15, 0.2) is 10.8 Å². The minimum atomic E-state index is 0. The molecular formula is C6H11ClN2O. The highest BCUT2D eigenvalue weighted by Gasteiger charge is 2.01. The molecule has 0 saturated carbocycles. The SMILES string of the molecule is CCc1ocnc1CN.Cl. The average molecular weight is 163 g/mol. The summed E-state index contributed by atoms with van der Waals surface area (Å²) in [5.41, 5.74) is 6.22. The minimum Gasteiger partial charge on any atom is -0.448 e. The molecule has 0 atom stereocenters. The molecular weight excluding hydrogens is 152 g/mol. The highest BCUT2D eigenvalue weighted by atomic mass is 35.5. The van der Waals surface area contributed by atoms with Crippen molar-refractivity contribution in [3.63, 3.8) is 0 Å². The molecule has 0 radical (unpaired) electrons. The van der Waals surface area contributed by atoms with E-state index >= 15 is 0 Å². The first-order valence-corrected chi connectivity index (χ1v) is 2.99. The number of nitrogens with zero attached hydrogens (tertiary/aromatic N) is 1. The number of aromatic nitrogens is 1. The zero-order chi connectivity index (χ0) is 6.69. The van der Waals surface area contributed by atoms with Crippen molar-refractivity contribution in [2.45, 2.75) is 19.9 Å². The third-order valence-corrected chi connectivity index (χ3v) is 1.24. The van der Waals surface area contributed by atoms with Gasteiger partial charge in [0.2, 0.25) is 0 Å². The molecule has 58 valence electrons. The molecule has 4 heteroatoms. The summed E-state index contributed by atoms with van der Waals surface area (Å²) in [6.07, 6.45) is 2.30. The van der Waals surface area contributed by atoms with Crippen molar-refractivity contribution in [1.29, 1.82) is 0 Å². The fraction of sp³-hybridized carbons (Fsp3) is 0.500. The van der Waals surface area contributed by atoms with Gasteiger partial charge in [0.1, 0.15) is 5.76 Å². The molecule has 10 heavy (non-hydrogen) atoms. The van der Waals surface area contributed by atoms with Gasteiger partial charge in [-0.1, -0.05) is 6.92 Å². The molecule has 0 amide bonds. The van der Waals surface area contributed by atoms with Gasteiger partial charge in [0, 0.05) is 13.0 Å². The van der Waals surface area contributed by atoms with Crippen molar-refractivity contribution in [1.82, 2.24) is 4.98 Å². The van der Waals surface area contributed by atoms with E-state index in [4.69, 9.17) is 10.2 Å². The van der Waals surface area contributed by atoms with Crippen LogP contribution in [0.3, 0.4) is 0 Å². The first-order chi connectivity index (χ1) is 4.38. The molecule has 0 fully saturated rings. The van der Waals surface area contributed by atoms with Crippen molar-refractivity contribution in [2.24, 2.45) is 5.73 Å². The zero-order valence-electron chi connectivity index (χ0n) is 5.83. The zero-order valence-corrected chi connectivity index (χ0v) is 6.65. The fourth-order valence-electron chi connectivity index (χ4n) is 0.748. The molecule has 0 aromatic carbocycles. The lowest BCUT2D eigenvalue weighted by molar-refractivity contribution is 0.507. The Morgan fingerprint density at radius 1 is 1.70 bits per heavy atom. The van der Waals surface area contributed by atoms with Crippen LogP contribution >= 0.6 is 12.4 Å². The lowest BCUT2D eigenvalue weighted by atomic mass is 10.3. The summed E-state index contributed by atoms with van der Waals surface area (Å²) in [5, 5.41) is 0. The van der Waals surface area contributed by atoms with Gasteiger partial charge in [-0.3, -0.25) is 0 Å². The normalized spacial score (nSPS) is 9.00. The standard InChI is InChI=1S/C6H10N2O.ClH/c1-2-6-5(3-7)8-4-9-6;/h4H,2-3,7H2,1H3;1H.